The molecular formula is C15H21N3O3. The van der Waals surface area contributed by atoms with Gasteiger partial charge in [-0.05, 0) is 34.1 Å². The Morgan fingerprint density at radius 1 is 1.33 bits per heavy atom. The zero-order valence-corrected chi connectivity index (χ0v) is 13.1. The van der Waals surface area contributed by atoms with E-state index in [-0.39, 0.29) is 18.6 Å². The summed E-state index contributed by atoms with van der Waals surface area (Å²) in [6.07, 6.45) is 0.878. The number of nitrogens with one attached hydrogen (secondary N) is 1. The van der Waals surface area contributed by atoms with E-state index in [1.807, 2.05) is 27.7 Å². The van der Waals surface area contributed by atoms with Gasteiger partial charge in [0, 0.05) is 11.6 Å². The highest BCUT2D eigenvalue weighted by Crippen LogP contribution is 2.30. The van der Waals surface area contributed by atoms with Crippen LogP contribution in [0.2, 0.25) is 0 Å². The molecule has 1 N–H and O–H groups in total. The van der Waals surface area contributed by atoms with Crippen molar-refractivity contribution < 1.29 is 13.9 Å². The molecule has 114 valence electrons. The van der Waals surface area contributed by atoms with E-state index in [1.54, 1.807) is 6.92 Å². The van der Waals surface area contributed by atoms with E-state index in [9.17, 15) is 4.79 Å². The lowest BCUT2D eigenvalue weighted by Crippen LogP contribution is -2.35. The van der Waals surface area contributed by atoms with Crippen molar-refractivity contribution >= 4 is 17.0 Å². The molecule has 2 aromatic rings. The van der Waals surface area contributed by atoms with Gasteiger partial charge in [0.1, 0.15) is 17.0 Å². The van der Waals surface area contributed by atoms with Gasteiger partial charge >= 0.3 is 0 Å². The Hall–Kier alpha value is -2.11. The van der Waals surface area contributed by atoms with Crippen molar-refractivity contribution in [3.05, 3.63) is 17.1 Å². The molecule has 0 bridgehead atoms. The van der Waals surface area contributed by atoms with Crippen LogP contribution in [-0.2, 0) is 4.79 Å². The molecule has 1 amide bonds. The van der Waals surface area contributed by atoms with Gasteiger partial charge in [-0.15, -0.1) is 0 Å². The minimum absolute atomic E-state index is 0.0699. The van der Waals surface area contributed by atoms with Gasteiger partial charge in [-0.3, -0.25) is 4.79 Å². The first kappa shape index (κ1) is 15.3. The van der Waals surface area contributed by atoms with Crippen LogP contribution in [0.15, 0.2) is 4.42 Å². The molecule has 0 fully saturated rings. The fraction of sp³-hybridized carbons (Fsp3) is 0.533. The third-order valence-corrected chi connectivity index (χ3v) is 3.47. The summed E-state index contributed by atoms with van der Waals surface area (Å²) in [4.78, 5) is 20.3. The van der Waals surface area contributed by atoms with Crippen molar-refractivity contribution in [2.24, 2.45) is 0 Å². The van der Waals surface area contributed by atoms with E-state index < -0.39 is 0 Å². The highest BCUT2D eigenvalue weighted by atomic mass is 16.5. The van der Waals surface area contributed by atoms with Gasteiger partial charge in [0.2, 0.25) is 11.6 Å². The maximum absolute atomic E-state index is 11.8. The third-order valence-electron chi connectivity index (χ3n) is 3.47. The van der Waals surface area contributed by atoms with Crippen molar-refractivity contribution in [2.75, 3.05) is 6.61 Å². The molecule has 0 aliphatic rings. The van der Waals surface area contributed by atoms with E-state index in [0.29, 0.717) is 17.4 Å². The molecule has 0 radical (unpaired) electrons. The predicted molar refractivity (Wildman–Crippen MR) is 79.4 cm³/mol. The number of fused-ring (bicyclic) bond motifs is 1. The molecule has 6 nitrogen and oxygen atoms in total. The van der Waals surface area contributed by atoms with Crippen molar-refractivity contribution in [3.8, 4) is 5.88 Å². The first-order chi connectivity index (χ1) is 9.92. The maximum Gasteiger partial charge on any atom is 0.258 e. The van der Waals surface area contributed by atoms with Gasteiger partial charge in [-0.1, -0.05) is 6.92 Å². The molecular weight excluding hydrogens is 270 g/mol. The summed E-state index contributed by atoms with van der Waals surface area (Å²) in [5.41, 5.74) is 1.43. The molecule has 0 spiro atoms. The van der Waals surface area contributed by atoms with Gasteiger partial charge in [0.05, 0.1) is 0 Å². The number of hydrogen-bond donors (Lipinski definition) is 1. The van der Waals surface area contributed by atoms with E-state index in [1.165, 1.54) is 0 Å². The average Bonchev–Trinajstić information content (AvgIpc) is 2.71. The highest BCUT2D eigenvalue weighted by Gasteiger charge is 2.17. The van der Waals surface area contributed by atoms with Gasteiger partial charge in [0.15, 0.2) is 6.61 Å². The number of aromatic nitrogens is 2. The number of aryl methyl sites for hydroxylation is 3. The Labute approximate surface area is 123 Å². The standard InChI is InChI=1S/C15H21N3O3/c1-6-8(2)16-12(19)7-20-14-13-9(3)10(4)21-15(13)18-11(5)17-14/h8H,6-7H2,1-5H3,(H,16,19). The zero-order chi connectivity index (χ0) is 15.6. The highest BCUT2D eigenvalue weighted by molar-refractivity contribution is 5.84. The second kappa shape index (κ2) is 6.11. The lowest BCUT2D eigenvalue weighted by atomic mass is 10.2. The lowest BCUT2D eigenvalue weighted by Gasteiger charge is -2.12. The van der Waals surface area contributed by atoms with Crippen LogP contribution >= 0.6 is 0 Å². The molecule has 0 aliphatic carbocycles. The summed E-state index contributed by atoms with van der Waals surface area (Å²) < 4.78 is 11.2. The van der Waals surface area contributed by atoms with Crippen molar-refractivity contribution in [2.45, 2.75) is 47.1 Å². The molecule has 2 rings (SSSR count). The fourth-order valence-electron chi connectivity index (χ4n) is 1.97. The van der Waals surface area contributed by atoms with E-state index >= 15 is 0 Å². The van der Waals surface area contributed by atoms with Gasteiger partial charge in [-0.2, -0.15) is 9.97 Å². The summed E-state index contributed by atoms with van der Waals surface area (Å²) in [5, 5.41) is 3.58. The summed E-state index contributed by atoms with van der Waals surface area (Å²) >= 11 is 0. The van der Waals surface area contributed by atoms with Crippen LogP contribution in [0.25, 0.3) is 11.1 Å². The van der Waals surface area contributed by atoms with Crippen LogP contribution in [0.3, 0.4) is 0 Å². The summed E-state index contributed by atoms with van der Waals surface area (Å²) in [6.45, 7) is 9.45. The predicted octanol–water partition coefficient (Wildman–Crippen LogP) is 2.44. The van der Waals surface area contributed by atoms with Gasteiger partial charge in [0.25, 0.3) is 5.91 Å². The first-order valence-corrected chi connectivity index (χ1v) is 7.08. The third kappa shape index (κ3) is 3.32. The maximum atomic E-state index is 11.8. The average molecular weight is 291 g/mol. The number of rotatable bonds is 5. The van der Waals surface area contributed by atoms with Crippen molar-refractivity contribution in [3.63, 3.8) is 0 Å². The summed E-state index contributed by atoms with van der Waals surface area (Å²) in [7, 11) is 0. The second-order valence-electron chi connectivity index (χ2n) is 5.20. The Morgan fingerprint density at radius 3 is 2.71 bits per heavy atom. The molecule has 1 atom stereocenters. The monoisotopic (exact) mass is 291 g/mol. The molecule has 0 aromatic carbocycles. The van der Waals surface area contributed by atoms with E-state index in [0.717, 1.165) is 23.1 Å². The minimum Gasteiger partial charge on any atom is -0.467 e. The number of carbonyl (C=O) groups is 1. The Balaban J connectivity index is 2.20. The van der Waals surface area contributed by atoms with Crippen LogP contribution in [0.5, 0.6) is 5.88 Å². The largest absolute Gasteiger partial charge is 0.467 e. The molecule has 0 saturated heterocycles. The molecule has 0 saturated carbocycles. The molecule has 2 aromatic heterocycles. The molecule has 1 unspecified atom stereocenters. The van der Waals surface area contributed by atoms with Gasteiger partial charge < -0.3 is 14.5 Å². The summed E-state index contributed by atoms with van der Waals surface area (Å²) in [5.74, 6) is 1.56. The Morgan fingerprint density at radius 2 is 2.05 bits per heavy atom. The van der Waals surface area contributed by atoms with Gasteiger partial charge in [-0.25, -0.2) is 0 Å². The van der Waals surface area contributed by atoms with Crippen LogP contribution in [0, 0.1) is 20.8 Å². The minimum atomic E-state index is -0.161. The Bertz CT molecular complexity index is 664. The smallest absolute Gasteiger partial charge is 0.258 e. The topological polar surface area (TPSA) is 77.2 Å². The number of hydrogen-bond acceptors (Lipinski definition) is 5. The van der Waals surface area contributed by atoms with Crippen molar-refractivity contribution in [1.29, 1.82) is 0 Å². The first-order valence-electron chi connectivity index (χ1n) is 7.08. The normalized spacial score (nSPS) is 12.4. The second-order valence-corrected chi connectivity index (χ2v) is 5.20. The number of ether oxygens (including phenoxy) is 1. The Kier molecular flexibility index (Phi) is 4.45. The van der Waals surface area contributed by atoms with Crippen molar-refractivity contribution in [1.82, 2.24) is 15.3 Å². The number of carbonyl (C=O) groups excluding carboxylic acids is 1. The van der Waals surface area contributed by atoms with E-state index in [2.05, 4.69) is 15.3 Å². The van der Waals surface area contributed by atoms with Crippen LogP contribution < -0.4 is 10.1 Å². The fourth-order valence-corrected chi connectivity index (χ4v) is 1.97. The zero-order valence-electron chi connectivity index (χ0n) is 13.1. The quantitative estimate of drug-likeness (QED) is 0.915. The number of nitrogens with zero attached hydrogens (tertiary/aromatic N) is 2. The van der Waals surface area contributed by atoms with Crippen LogP contribution in [-0.4, -0.2) is 28.5 Å². The number of furan rings is 1. The number of amides is 1. The van der Waals surface area contributed by atoms with Crippen LogP contribution in [0.1, 0.15) is 37.4 Å². The summed E-state index contributed by atoms with van der Waals surface area (Å²) in [6, 6.07) is 0.131. The lowest BCUT2D eigenvalue weighted by molar-refractivity contribution is -0.123. The van der Waals surface area contributed by atoms with E-state index in [4.69, 9.17) is 9.15 Å². The molecule has 6 heteroatoms. The molecule has 2 heterocycles. The van der Waals surface area contributed by atoms with Crippen LogP contribution in [0.4, 0.5) is 0 Å². The molecule has 0 aliphatic heterocycles. The molecule has 21 heavy (non-hydrogen) atoms. The SMILES string of the molecule is CCC(C)NC(=O)COc1nc(C)nc2oc(C)c(C)c12.